The minimum Gasteiger partial charge on any atom is -0.396 e. The van der Waals surface area contributed by atoms with E-state index in [1.54, 1.807) is 17.0 Å². The zero-order valence-electron chi connectivity index (χ0n) is 24.9. The number of carbonyl (C=O) groups is 1. The summed E-state index contributed by atoms with van der Waals surface area (Å²) >= 11 is 0. The highest BCUT2D eigenvalue weighted by Crippen LogP contribution is 2.46. The normalized spacial score (nSPS) is 17.6. The minimum absolute atomic E-state index is 0.0372. The summed E-state index contributed by atoms with van der Waals surface area (Å²) in [6.07, 6.45) is 2.95. The lowest BCUT2D eigenvalue weighted by Crippen LogP contribution is -2.55. The Morgan fingerprint density at radius 1 is 0.795 bits per heavy atom. The number of aliphatic hydroxyl groups excluding tert-OH is 5. The summed E-state index contributed by atoms with van der Waals surface area (Å²) in [4.78, 5) is 15.3. The maximum absolute atomic E-state index is 13.6. The van der Waals surface area contributed by atoms with E-state index >= 15 is 0 Å². The van der Waals surface area contributed by atoms with Crippen LogP contribution in [0.5, 0.6) is 0 Å². The standard InChI is InChI=1S/C35H44FNO7/c36-29-12-10-27(11-13-29)32(42)17-16-31-33(28-8-4-25(5-9-28)18-19-35(44,22-40)23-41)37(34(31)43)30-14-6-24(7-15-30)2-1-3-26(20-38)21-39/h4-15,26,31-33,38-42,44H,1-3,16-23H2/t31-,32+,33-/m1/s1. The molecule has 3 aromatic carbocycles. The predicted molar refractivity (Wildman–Crippen MR) is 165 cm³/mol. The Balaban J connectivity index is 1.49. The van der Waals surface area contributed by atoms with E-state index in [1.165, 1.54) is 12.1 Å². The molecule has 1 aliphatic heterocycles. The Labute approximate surface area is 258 Å². The number of β-lactam (4-membered cyclic amide) rings is 1. The van der Waals surface area contributed by atoms with Gasteiger partial charge in [-0.1, -0.05) is 48.5 Å². The van der Waals surface area contributed by atoms with E-state index in [2.05, 4.69) is 0 Å². The van der Waals surface area contributed by atoms with Gasteiger partial charge < -0.3 is 35.5 Å². The van der Waals surface area contributed by atoms with Gasteiger partial charge in [-0.2, -0.15) is 0 Å². The number of nitrogens with zero attached hydrogens (tertiary/aromatic N) is 1. The first-order chi connectivity index (χ1) is 21.2. The first-order valence-electron chi connectivity index (χ1n) is 15.3. The monoisotopic (exact) mass is 609 g/mol. The highest BCUT2D eigenvalue weighted by molar-refractivity contribution is 6.03. The minimum atomic E-state index is -1.54. The number of hydrogen-bond acceptors (Lipinski definition) is 7. The Morgan fingerprint density at radius 3 is 1.98 bits per heavy atom. The van der Waals surface area contributed by atoms with Crippen LogP contribution in [0.25, 0.3) is 0 Å². The third-order valence-corrected chi connectivity index (χ3v) is 8.82. The van der Waals surface area contributed by atoms with Crippen LogP contribution in [0.3, 0.4) is 0 Å². The molecule has 0 bridgehead atoms. The summed E-state index contributed by atoms with van der Waals surface area (Å²) in [6.45, 7) is -1.14. The van der Waals surface area contributed by atoms with Crippen LogP contribution < -0.4 is 4.90 Å². The number of hydrogen-bond donors (Lipinski definition) is 6. The van der Waals surface area contributed by atoms with E-state index in [0.717, 1.165) is 41.6 Å². The molecule has 0 radical (unpaired) electrons. The highest BCUT2D eigenvalue weighted by Gasteiger charge is 2.48. The Hall–Kier alpha value is -3.18. The zero-order chi connectivity index (χ0) is 31.7. The molecule has 1 saturated heterocycles. The lowest BCUT2D eigenvalue weighted by Gasteiger charge is -2.48. The Kier molecular flexibility index (Phi) is 12.0. The fourth-order valence-corrected chi connectivity index (χ4v) is 5.81. The number of benzene rings is 3. The molecule has 44 heavy (non-hydrogen) atoms. The van der Waals surface area contributed by atoms with Crippen LogP contribution in [-0.2, 0) is 17.6 Å². The van der Waals surface area contributed by atoms with Crippen molar-refractivity contribution < 1.29 is 39.8 Å². The van der Waals surface area contributed by atoms with Crippen molar-refractivity contribution in [1.82, 2.24) is 0 Å². The van der Waals surface area contributed by atoms with Crippen LogP contribution in [0.15, 0.2) is 72.8 Å². The second-order valence-electron chi connectivity index (χ2n) is 12.0. The first-order valence-corrected chi connectivity index (χ1v) is 15.3. The molecule has 1 aliphatic rings. The van der Waals surface area contributed by atoms with Crippen LogP contribution in [0.2, 0.25) is 0 Å². The van der Waals surface area contributed by atoms with Gasteiger partial charge in [0, 0.05) is 24.8 Å². The van der Waals surface area contributed by atoms with E-state index in [9.17, 15) is 39.8 Å². The molecule has 1 fully saturated rings. The van der Waals surface area contributed by atoms with Gasteiger partial charge in [-0.3, -0.25) is 4.79 Å². The molecule has 1 amide bonds. The summed E-state index contributed by atoms with van der Waals surface area (Å²) in [5, 5.41) is 58.3. The molecule has 0 aromatic heterocycles. The molecule has 0 spiro atoms. The first kappa shape index (κ1) is 33.7. The van der Waals surface area contributed by atoms with Crippen LogP contribution in [-0.4, -0.2) is 68.6 Å². The summed E-state index contributed by atoms with van der Waals surface area (Å²) in [5.74, 6) is -0.896. The van der Waals surface area contributed by atoms with Gasteiger partial charge in [0.2, 0.25) is 5.91 Å². The number of amides is 1. The van der Waals surface area contributed by atoms with E-state index in [1.807, 2.05) is 48.5 Å². The number of anilines is 1. The van der Waals surface area contributed by atoms with Crippen molar-refractivity contribution in [2.45, 2.75) is 62.7 Å². The van der Waals surface area contributed by atoms with E-state index in [-0.39, 0.29) is 49.2 Å². The summed E-state index contributed by atoms with van der Waals surface area (Å²) < 4.78 is 13.4. The number of rotatable bonds is 17. The molecule has 0 aliphatic carbocycles. The molecule has 9 heteroatoms. The average molecular weight is 610 g/mol. The molecule has 0 saturated carbocycles. The van der Waals surface area contributed by atoms with Crippen molar-refractivity contribution >= 4 is 11.6 Å². The lowest BCUT2D eigenvalue weighted by molar-refractivity contribution is -0.131. The average Bonchev–Trinajstić information content (AvgIpc) is 3.05. The van der Waals surface area contributed by atoms with E-state index in [4.69, 9.17) is 0 Å². The third kappa shape index (κ3) is 8.29. The van der Waals surface area contributed by atoms with Crippen LogP contribution >= 0.6 is 0 Å². The number of carbonyl (C=O) groups excluding carboxylic acids is 1. The molecule has 6 N–H and O–H groups in total. The summed E-state index contributed by atoms with van der Waals surface area (Å²) in [6, 6.07) is 21.0. The topological polar surface area (TPSA) is 142 Å². The maximum atomic E-state index is 13.6. The lowest BCUT2D eigenvalue weighted by atomic mass is 9.78. The molecule has 0 unspecified atom stereocenters. The molecule has 3 atom stereocenters. The van der Waals surface area contributed by atoms with Gasteiger partial charge >= 0.3 is 0 Å². The summed E-state index contributed by atoms with van der Waals surface area (Å²) in [7, 11) is 0. The largest absolute Gasteiger partial charge is 0.396 e. The highest BCUT2D eigenvalue weighted by atomic mass is 19.1. The van der Waals surface area contributed by atoms with Crippen molar-refractivity contribution in [2.24, 2.45) is 11.8 Å². The van der Waals surface area contributed by atoms with Gasteiger partial charge in [0.15, 0.2) is 0 Å². The third-order valence-electron chi connectivity index (χ3n) is 8.82. The molecule has 238 valence electrons. The second kappa shape index (κ2) is 15.7. The molecular weight excluding hydrogens is 565 g/mol. The molecular formula is C35H44FNO7. The SMILES string of the molecule is O=C1[C@H](CC[C@H](O)c2ccc(F)cc2)[C@@H](c2ccc(CCC(O)(CO)CO)cc2)N1c1ccc(CCCC(CO)CO)cc1. The maximum Gasteiger partial charge on any atom is 0.233 e. The molecule has 8 nitrogen and oxygen atoms in total. The van der Waals surface area contributed by atoms with Gasteiger partial charge in [-0.25, -0.2) is 4.39 Å². The van der Waals surface area contributed by atoms with Crippen molar-refractivity contribution in [3.63, 3.8) is 0 Å². The van der Waals surface area contributed by atoms with E-state index < -0.39 is 24.9 Å². The van der Waals surface area contributed by atoms with Crippen molar-refractivity contribution in [3.8, 4) is 0 Å². The van der Waals surface area contributed by atoms with Gasteiger partial charge in [0.25, 0.3) is 0 Å². The Bertz CT molecular complexity index is 1310. The fraction of sp³-hybridized carbons (Fsp3) is 0.457. The zero-order valence-corrected chi connectivity index (χ0v) is 24.9. The van der Waals surface area contributed by atoms with Gasteiger partial charge in [0.05, 0.1) is 31.3 Å². The molecule has 1 heterocycles. The van der Waals surface area contributed by atoms with Crippen LogP contribution in [0, 0.1) is 17.7 Å². The second-order valence-corrected chi connectivity index (χ2v) is 12.0. The summed E-state index contributed by atoms with van der Waals surface area (Å²) in [5.41, 5.74) is 2.77. The van der Waals surface area contributed by atoms with Gasteiger partial charge in [0.1, 0.15) is 11.4 Å². The predicted octanol–water partition coefficient (Wildman–Crippen LogP) is 3.62. The number of halogens is 1. The van der Waals surface area contributed by atoms with Gasteiger partial charge in [-0.05, 0) is 91.5 Å². The van der Waals surface area contributed by atoms with Crippen molar-refractivity contribution in [2.75, 3.05) is 31.3 Å². The molecule has 3 aromatic rings. The van der Waals surface area contributed by atoms with Crippen molar-refractivity contribution in [1.29, 1.82) is 0 Å². The van der Waals surface area contributed by atoms with Gasteiger partial charge in [-0.15, -0.1) is 0 Å². The number of aryl methyl sites for hydroxylation is 2. The van der Waals surface area contributed by atoms with Crippen molar-refractivity contribution in [3.05, 3.63) is 101 Å². The van der Waals surface area contributed by atoms with E-state index in [0.29, 0.717) is 24.8 Å². The quantitative estimate of drug-likeness (QED) is 0.128. The Morgan fingerprint density at radius 2 is 1.39 bits per heavy atom. The number of aliphatic hydroxyl groups is 6. The van der Waals surface area contributed by atoms with Crippen LogP contribution in [0.4, 0.5) is 10.1 Å². The van der Waals surface area contributed by atoms with Crippen LogP contribution in [0.1, 0.15) is 66.5 Å². The smallest absolute Gasteiger partial charge is 0.233 e. The fourth-order valence-electron chi connectivity index (χ4n) is 5.81. The molecule has 4 rings (SSSR count).